The van der Waals surface area contributed by atoms with Crippen molar-refractivity contribution in [3.05, 3.63) is 0 Å². The summed E-state index contributed by atoms with van der Waals surface area (Å²) in [7, 11) is 0. The predicted octanol–water partition coefficient (Wildman–Crippen LogP) is 5.12. The monoisotopic (exact) mass is 228 g/mol. The van der Waals surface area contributed by atoms with Crippen LogP contribution in [0, 0.1) is 11.8 Å². The topological polar surface area (TPSA) is 0 Å². The number of hydrogen-bond acceptors (Lipinski definition) is 1. The third-order valence-electron chi connectivity index (χ3n) is 3.39. The molecule has 0 nitrogen and oxygen atoms in total. The molecule has 0 bridgehead atoms. The molecule has 0 N–H and O–H groups in total. The highest BCUT2D eigenvalue weighted by atomic mass is 32.2. The predicted molar refractivity (Wildman–Crippen MR) is 72.5 cm³/mol. The van der Waals surface area contributed by atoms with Crippen LogP contribution in [-0.4, -0.2) is 10.5 Å². The quantitative estimate of drug-likeness (QED) is 0.582. The number of hydrogen-bond donors (Lipinski definition) is 0. The summed E-state index contributed by atoms with van der Waals surface area (Å²) in [5, 5.41) is 1.78. The van der Waals surface area contributed by atoms with Gasteiger partial charge in [0.2, 0.25) is 0 Å². The van der Waals surface area contributed by atoms with Crippen LogP contribution in [0.4, 0.5) is 0 Å². The minimum atomic E-state index is 0.814. The zero-order valence-electron chi connectivity index (χ0n) is 11.0. The van der Waals surface area contributed by atoms with E-state index in [1.165, 1.54) is 38.5 Å². The van der Waals surface area contributed by atoms with Crippen molar-refractivity contribution >= 4 is 11.8 Å². The summed E-state index contributed by atoms with van der Waals surface area (Å²) in [6, 6.07) is 0. The van der Waals surface area contributed by atoms with Crippen LogP contribution in [0.1, 0.15) is 66.2 Å². The van der Waals surface area contributed by atoms with Crippen molar-refractivity contribution in [3.63, 3.8) is 0 Å². The third-order valence-corrected chi connectivity index (χ3v) is 4.91. The minimum Gasteiger partial charge on any atom is -0.155 e. The summed E-state index contributed by atoms with van der Waals surface area (Å²) in [5.74, 6) is 1.95. The van der Waals surface area contributed by atoms with Crippen molar-refractivity contribution in [2.75, 3.05) is 0 Å². The van der Waals surface area contributed by atoms with Crippen molar-refractivity contribution in [1.29, 1.82) is 0 Å². The fourth-order valence-corrected chi connectivity index (χ4v) is 3.80. The molecule has 1 aliphatic carbocycles. The van der Waals surface area contributed by atoms with Gasteiger partial charge in [0.1, 0.15) is 0 Å². The van der Waals surface area contributed by atoms with E-state index in [1.807, 2.05) is 0 Å². The van der Waals surface area contributed by atoms with Crippen LogP contribution in [0.2, 0.25) is 0 Å². The second kappa shape index (κ2) is 6.83. The van der Waals surface area contributed by atoms with E-state index in [0.29, 0.717) is 0 Å². The second-order valence-electron chi connectivity index (χ2n) is 5.74. The Morgan fingerprint density at radius 2 is 1.73 bits per heavy atom. The van der Waals surface area contributed by atoms with Crippen LogP contribution in [0.5, 0.6) is 0 Å². The fraction of sp³-hybridized carbons (Fsp3) is 1.00. The zero-order chi connectivity index (χ0) is 11.3. The zero-order valence-corrected chi connectivity index (χ0v) is 11.8. The summed E-state index contributed by atoms with van der Waals surface area (Å²) in [6.07, 6.45) is 8.83. The maximum atomic E-state index is 2.35. The molecule has 0 saturated heterocycles. The van der Waals surface area contributed by atoms with Gasteiger partial charge in [-0.3, -0.25) is 0 Å². The van der Waals surface area contributed by atoms with Crippen molar-refractivity contribution in [2.45, 2.75) is 76.7 Å². The van der Waals surface area contributed by atoms with Gasteiger partial charge in [-0.05, 0) is 36.3 Å². The molecule has 0 unspecified atom stereocenters. The highest BCUT2D eigenvalue weighted by molar-refractivity contribution is 8.00. The second-order valence-corrected chi connectivity index (χ2v) is 7.56. The van der Waals surface area contributed by atoms with Gasteiger partial charge in [0.25, 0.3) is 0 Å². The van der Waals surface area contributed by atoms with Crippen LogP contribution >= 0.6 is 11.8 Å². The van der Waals surface area contributed by atoms with Gasteiger partial charge >= 0.3 is 0 Å². The molecule has 0 aromatic heterocycles. The number of rotatable bonds is 7. The Morgan fingerprint density at radius 3 is 2.13 bits per heavy atom. The van der Waals surface area contributed by atoms with E-state index in [-0.39, 0.29) is 0 Å². The summed E-state index contributed by atoms with van der Waals surface area (Å²) in [4.78, 5) is 0. The van der Waals surface area contributed by atoms with Gasteiger partial charge in [-0.2, -0.15) is 11.8 Å². The molecule has 0 spiro atoms. The van der Waals surface area contributed by atoms with Gasteiger partial charge in [0.15, 0.2) is 0 Å². The number of thioether (sulfide) groups is 1. The molecule has 1 rings (SSSR count). The van der Waals surface area contributed by atoms with Crippen molar-refractivity contribution in [1.82, 2.24) is 0 Å². The van der Waals surface area contributed by atoms with Gasteiger partial charge in [-0.15, -0.1) is 0 Å². The Bertz CT molecular complexity index is 159. The van der Waals surface area contributed by atoms with E-state index >= 15 is 0 Å². The first kappa shape index (κ1) is 13.4. The van der Waals surface area contributed by atoms with Crippen molar-refractivity contribution < 1.29 is 0 Å². The summed E-state index contributed by atoms with van der Waals surface area (Å²) >= 11 is 2.24. The molecular weight excluding hydrogens is 200 g/mol. The molecule has 0 heterocycles. The molecular formula is C14H28S. The molecule has 0 aliphatic heterocycles. The highest BCUT2D eigenvalue weighted by Gasteiger charge is 2.27. The molecule has 90 valence electrons. The first-order chi connectivity index (χ1) is 7.09. The molecule has 1 aliphatic rings. The summed E-state index contributed by atoms with van der Waals surface area (Å²) in [5.41, 5.74) is 0. The molecule has 1 saturated carbocycles. The summed E-state index contributed by atoms with van der Waals surface area (Å²) in [6.45, 7) is 9.37. The first-order valence-corrected chi connectivity index (χ1v) is 7.69. The molecule has 1 atom stereocenters. The maximum Gasteiger partial charge on any atom is 0.00779 e. The van der Waals surface area contributed by atoms with Gasteiger partial charge in [0, 0.05) is 5.25 Å². The van der Waals surface area contributed by atoms with E-state index < -0.39 is 0 Å². The minimum absolute atomic E-state index is 0.814. The molecule has 1 heteroatoms. The fourth-order valence-electron chi connectivity index (χ4n) is 2.30. The van der Waals surface area contributed by atoms with Gasteiger partial charge in [-0.1, -0.05) is 47.0 Å². The standard InChI is InChI=1S/C14H28S/c1-11(2)7-5-10-14(15-12(3)4)13-8-6-9-13/h11-14H,5-10H2,1-4H3/t14-/m1/s1. The van der Waals surface area contributed by atoms with Crippen LogP contribution in [0.25, 0.3) is 0 Å². The van der Waals surface area contributed by atoms with Crippen molar-refractivity contribution in [2.24, 2.45) is 11.8 Å². The Labute approximate surface area is 101 Å². The van der Waals surface area contributed by atoms with E-state index in [9.17, 15) is 0 Å². The Kier molecular flexibility index (Phi) is 6.11. The maximum absolute atomic E-state index is 2.35. The lowest BCUT2D eigenvalue weighted by atomic mass is 9.81. The van der Waals surface area contributed by atoms with E-state index in [1.54, 1.807) is 0 Å². The average molecular weight is 228 g/mol. The SMILES string of the molecule is CC(C)CCC[C@@H](SC(C)C)C1CCC1. The van der Waals surface area contributed by atoms with Gasteiger partial charge in [0.05, 0.1) is 0 Å². The smallest absolute Gasteiger partial charge is 0.00779 e. The van der Waals surface area contributed by atoms with E-state index in [0.717, 1.165) is 22.3 Å². The third kappa shape index (κ3) is 5.29. The molecule has 1 fully saturated rings. The molecule has 0 amide bonds. The van der Waals surface area contributed by atoms with Crippen LogP contribution in [0.3, 0.4) is 0 Å². The first-order valence-electron chi connectivity index (χ1n) is 6.75. The highest BCUT2D eigenvalue weighted by Crippen LogP contribution is 2.39. The van der Waals surface area contributed by atoms with E-state index in [4.69, 9.17) is 0 Å². The lowest BCUT2D eigenvalue weighted by Crippen LogP contribution is -2.25. The Balaban J connectivity index is 2.22. The Hall–Kier alpha value is 0.350. The largest absolute Gasteiger partial charge is 0.155 e. The summed E-state index contributed by atoms with van der Waals surface area (Å²) < 4.78 is 0. The Morgan fingerprint density at radius 1 is 1.07 bits per heavy atom. The molecule has 0 aromatic rings. The van der Waals surface area contributed by atoms with Crippen LogP contribution in [-0.2, 0) is 0 Å². The molecule has 0 aromatic carbocycles. The van der Waals surface area contributed by atoms with Gasteiger partial charge < -0.3 is 0 Å². The van der Waals surface area contributed by atoms with Gasteiger partial charge in [-0.25, -0.2) is 0 Å². The lowest BCUT2D eigenvalue weighted by Gasteiger charge is -2.34. The molecule has 0 radical (unpaired) electrons. The van der Waals surface area contributed by atoms with Crippen molar-refractivity contribution in [3.8, 4) is 0 Å². The van der Waals surface area contributed by atoms with Crippen LogP contribution < -0.4 is 0 Å². The lowest BCUT2D eigenvalue weighted by molar-refractivity contribution is 0.293. The normalized spacial score (nSPS) is 19.6. The molecule has 15 heavy (non-hydrogen) atoms. The van der Waals surface area contributed by atoms with Crippen LogP contribution in [0.15, 0.2) is 0 Å². The van der Waals surface area contributed by atoms with E-state index in [2.05, 4.69) is 39.5 Å². The average Bonchev–Trinajstić information content (AvgIpc) is 1.98.